The maximum Gasteiger partial charge on any atom is 0.233 e. The fourth-order valence-corrected chi connectivity index (χ4v) is 4.40. The molecule has 4 heteroatoms. The van der Waals surface area contributed by atoms with Gasteiger partial charge in [0.1, 0.15) is 0 Å². The maximum absolute atomic E-state index is 13.5. The van der Waals surface area contributed by atoms with Gasteiger partial charge in [-0.2, -0.15) is 0 Å². The first-order valence-corrected chi connectivity index (χ1v) is 9.19. The molecule has 134 valence electrons. The minimum atomic E-state index is -0.267. The number of amides is 1. The summed E-state index contributed by atoms with van der Waals surface area (Å²) in [6.45, 7) is 3.93. The monoisotopic (exact) mass is 350 g/mol. The Bertz CT molecular complexity index is 546. The average Bonchev–Trinajstić information content (AvgIpc) is 2.62. The lowest BCUT2D eigenvalue weighted by atomic mass is 9.68. The molecule has 24 heavy (non-hydrogen) atoms. The number of rotatable bonds is 3. The number of carbonyl (C=O) groups excluding carboxylic acids is 1. The Morgan fingerprint density at radius 2 is 1.83 bits per heavy atom. The molecule has 3 nitrogen and oxygen atoms in total. The zero-order valence-corrected chi connectivity index (χ0v) is 15.8. The molecular formula is C20H31ClN2O. The SMILES string of the molecule is CNC1CCN(C(=O)C2(c3cccc(C)c3)CCCCC2)CC1.Cl. The molecule has 1 heterocycles. The van der Waals surface area contributed by atoms with Crippen LogP contribution in [0.25, 0.3) is 0 Å². The molecule has 0 atom stereocenters. The molecule has 1 aromatic carbocycles. The van der Waals surface area contributed by atoms with E-state index in [2.05, 4.69) is 41.4 Å². The van der Waals surface area contributed by atoms with Gasteiger partial charge in [0.2, 0.25) is 5.91 Å². The summed E-state index contributed by atoms with van der Waals surface area (Å²) in [6, 6.07) is 9.23. The largest absolute Gasteiger partial charge is 0.342 e. The summed E-state index contributed by atoms with van der Waals surface area (Å²) in [4.78, 5) is 15.6. The summed E-state index contributed by atoms with van der Waals surface area (Å²) >= 11 is 0. The number of hydrogen-bond donors (Lipinski definition) is 1. The normalized spacial score (nSPS) is 21.2. The highest BCUT2D eigenvalue weighted by Crippen LogP contribution is 2.41. The van der Waals surface area contributed by atoms with E-state index in [0.717, 1.165) is 38.8 Å². The van der Waals surface area contributed by atoms with Crippen LogP contribution >= 0.6 is 12.4 Å². The van der Waals surface area contributed by atoms with Crippen LogP contribution < -0.4 is 5.32 Å². The van der Waals surface area contributed by atoms with Gasteiger partial charge in [-0.1, -0.05) is 49.1 Å². The van der Waals surface area contributed by atoms with Gasteiger partial charge in [0, 0.05) is 19.1 Å². The minimum absolute atomic E-state index is 0. The smallest absolute Gasteiger partial charge is 0.233 e. The van der Waals surface area contributed by atoms with Crippen LogP contribution in [0.15, 0.2) is 24.3 Å². The van der Waals surface area contributed by atoms with Crippen LogP contribution in [0.2, 0.25) is 0 Å². The van der Waals surface area contributed by atoms with Crippen molar-refractivity contribution in [2.45, 2.75) is 63.3 Å². The number of likely N-dealkylation sites (tertiary alicyclic amines) is 1. The van der Waals surface area contributed by atoms with E-state index in [0.29, 0.717) is 11.9 Å². The number of hydrogen-bond acceptors (Lipinski definition) is 2. The summed E-state index contributed by atoms with van der Waals surface area (Å²) in [6.07, 6.45) is 7.79. The summed E-state index contributed by atoms with van der Waals surface area (Å²) in [7, 11) is 2.03. The standard InChI is InChI=1S/C20H30N2O.ClH/c1-16-7-6-8-17(15-16)20(11-4-3-5-12-20)19(23)22-13-9-18(21-2)10-14-22;/h6-8,15,18,21H,3-5,9-14H2,1-2H3;1H. The predicted octanol–water partition coefficient (Wildman–Crippen LogP) is 3.83. The number of piperidine rings is 1. The van der Waals surface area contributed by atoms with Crippen LogP contribution in [-0.4, -0.2) is 37.0 Å². The lowest BCUT2D eigenvalue weighted by Gasteiger charge is -2.42. The van der Waals surface area contributed by atoms with E-state index in [4.69, 9.17) is 0 Å². The predicted molar refractivity (Wildman–Crippen MR) is 102 cm³/mol. The van der Waals surface area contributed by atoms with Crippen molar-refractivity contribution in [1.29, 1.82) is 0 Å². The number of carbonyl (C=O) groups is 1. The van der Waals surface area contributed by atoms with Crippen LogP contribution in [0.5, 0.6) is 0 Å². The van der Waals surface area contributed by atoms with E-state index in [-0.39, 0.29) is 17.8 Å². The number of halogens is 1. The minimum Gasteiger partial charge on any atom is -0.342 e. The Labute approximate surface area is 152 Å². The van der Waals surface area contributed by atoms with Gasteiger partial charge in [-0.05, 0) is 45.2 Å². The molecule has 0 radical (unpaired) electrons. The van der Waals surface area contributed by atoms with E-state index in [9.17, 15) is 4.79 Å². The van der Waals surface area contributed by atoms with Crippen LogP contribution in [0.3, 0.4) is 0 Å². The zero-order valence-electron chi connectivity index (χ0n) is 15.0. The number of nitrogens with one attached hydrogen (secondary N) is 1. The van der Waals surface area contributed by atoms with E-state index in [1.807, 2.05) is 7.05 Å². The third-order valence-electron chi connectivity index (χ3n) is 5.88. The van der Waals surface area contributed by atoms with Crippen LogP contribution in [0, 0.1) is 6.92 Å². The van der Waals surface area contributed by atoms with Gasteiger partial charge in [0.05, 0.1) is 5.41 Å². The fraction of sp³-hybridized carbons (Fsp3) is 0.650. The highest BCUT2D eigenvalue weighted by Gasteiger charge is 2.44. The Balaban J connectivity index is 0.00000208. The molecule has 1 amide bonds. The van der Waals surface area contributed by atoms with Crippen molar-refractivity contribution in [1.82, 2.24) is 10.2 Å². The molecular weight excluding hydrogens is 320 g/mol. The van der Waals surface area contributed by atoms with Gasteiger partial charge in [0.15, 0.2) is 0 Å². The molecule has 1 saturated carbocycles. The van der Waals surface area contributed by atoms with Gasteiger partial charge in [0.25, 0.3) is 0 Å². The highest BCUT2D eigenvalue weighted by molar-refractivity contribution is 5.88. The molecule has 1 aromatic rings. The molecule has 0 bridgehead atoms. The molecule has 3 rings (SSSR count). The van der Waals surface area contributed by atoms with Crippen molar-refractivity contribution in [3.63, 3.8) is 0 Å². The topological polar surface area (TPSA) is 32.3 Å². The zero-order chi connectivity index (χ0) is 16.3. The molecule has 1 N–H and O–H groups in total. The Morgan fingerprint density at radius 3 is 2.42 bits per heavy atom. The molecule has 0 spiro atoms. The van der Waals surface area contributed by atoms with Gasteiger partial charge < -0.3 is 10.2 Å². The molecule has 2 fully saturated rings. The quantitative estimate of drug-likeness (QED) is 0.898. The summed E-state index contributed by atoms with van der Waals surface area (Å²) in [5, 5.41) is 3.35. The van der Waals surface area contributed by atoms with Gasteiger partial charge in [-0.25, -0.2) is 0 Å². The molecule has 2 aliphatic rings. The second kappa shape index (κ2) is 8.35. The lowest BCUT2D eigenvalue weighted by molar-refractivity contribution is -0.140. The molecule has 1 saturated heterocycles. The van der Waals surface area contributed by atoms with E-state index in [1.54, 1.807) is 0 Å². The molecule has 0 unspecified atom stereocenters. The fourth-order valence-electron chi connectivity index (χ4n) is 4.40. The van der Waals surface area contributed by atoms with Crippen molar-refractivity contribution < 1.29 is 4.79 Å². The van der Waals surface area contributed by atoms with E-state index in [1.165, 1.54) is 30.4 Å². The third kappa shape index (κ3) is 3.78. The summed E-state index contributed by atoms with van der Waals surface area (Å²) in [5.41, 5.74) is 2.24. The third-order valence-corrected chi connectivity index (χ3v) is 5.88. The summed E-state index contributed by atoms with van der Waals surface area (Å²) < 4.78 is 0. The second-order valence-electron chi connectivity index (χ2n) is 7.37. The van der Waals surface area contributed by atoms with Crippen molar-refractivity contribution in [3.8, 4) is 0 Å². The van der Waals surface area contributed by atoms with Crippen molar-refractivity contribution in [3.05, 3.63) is 35.4 Å². The molecule has 0 aromatic heterocycles. The second-order valence-corrected chi connectivity index (χ2v) is 7.37. The van der Waals surface area contributed by atoms with E-state index >= 15 is 0 Å². The highest BCUT2D eigenvalue weighted by atomic mass is 35.5. The molecule has 1 aliphatic heterocycles. The van der Waals surface area contributed by atoms with Gasteiger partial charge >= 0.3 is 0 Å². The van der Waals surface area contributed by atoms with Crippen molar-refractivity contribution >= 4 is 18.3 Å². The average molecular weight is 351 g/mol. The Hall–Kier alpha value is -1.06. The maximum atomic E-state index is 13.5. The number of aryl methyl sites for hydroxylation is 1. The first-order valence-electron chi connectivity index (χ1n) is 9.19. The number of benzene rings is 1. The summed E-state index contributed by atoms with van der Waals surface area (Å²) in [5.74, 6) is 0.386. The number of nitrogens with zero attached hydrogens (tertiary/aromatic N) is 1. The van der Waals surface area contributed by atoms with Crippen LogP contribution in [0.1, 0.15) is 56.1 Å². The van der Waals surface area contributed by atoms with E-state index < -0.39 is 0 Å². The van der Waals surface area contributed by atoms with Crippen molar-refractivity contribution in [2.24, 2.45) is 0 Å². The van der Waals surface area contributed by atoms with Crippen LogP contribution in [-0.2, 0) is 10.2 Å². The lowest BCUT2D eigenvalue weighted by Crippen LogP contribution is -2.52. The van der Waals surface area contributed by atoms with Crippen molar-refractivity contribution in [2.75, 3.05) is 20.1 Å². The van der Waals surface area contributed by atoms with Crippen LogP contribution in [0.4, 0.5) is 0 Å². The molecule has 1 aliphatic carbocycles. The Morgan fingerprint density at radius 1 is 1.17 bits per heavy atom. The first-order chi connectivity index (χ1) is 11.2. The first kappa shape index (κ1) is 19.3. The van der Waals surface area contributed by atoms with Gasteiger partial charge in [-0.3, -0.25) is 4.79 Å². The van der Waals surface area contributed by atoms with Gasteiger partial charge in [-0.15, -0.1) is 12.4 Å². The Kier molecular flexibility index (Phi) is 6.70.